The van der Waals surface area contributed by atoms with Crippen LogP contribution in [-0.4, -0.2) is 24.0 Å². The Labute approximate surface area is 115 Å². The van der Waals surface area contributed by atoms with E-state index in [2.05, 4.69) is 15.9 Å². The Kier molecular flexibility index (Phi) is 4.51. The topological polar surface area (TPSA) is 57.6 Å². The second-order valence-electron chi connectivity index (χ2n) is 4.80. The van der Waals surface area contributed by atoms with Gasteiger partial charge in [-0.1, -0.05) is 35.8 Å². The van der Waals surface area contributed by atoms with Crippen molar-refractivity contribution in [3.05, 3.63) is 28.7 Å². The van der Waals surface area contributed by atoms with E-state index in [9.17, 15) is 9.59 Å². The molecular weight excluding hydrogens is 298 g/mol. The van der Waals surface area contributed by atoms with Crippen LogP contribution in [-0.2, 0) is 9.59 Å². The molecule has 5 heteroatoms. The largest absolute Gasteiger partial charge is 0.481 e. The number of carboxylic acid groups (broad SMARTS) is 1. The fourth-order valence-electron chi connectivity index (χ4n) is 1.71. The van der Waals surface area contributed by atoms with E-state index in [1.807, 2.05) is 18.2 Å². The molecule has 98 valence electrons. The fourth-order valence-corrected chi connectivity index (χ4v) is 2.10. The molecule has 18 heavy (non-hydrogen) atoms. The Balaban J connectivity index is 2.93. The first kappa shape index (κ1) is 14.7. The Bertz CT molecular complexity index is 471. The first-order valence-electron chi connectivity index (χ1n) is 5.49. The van der Waals surface area contributed by atoms with E-state index in [0.29, 0.717) is 0 Å². The van der Waals surface area contributed by atoms with E-state index in [1.54, 1.807) is 27.0 Å². The summed E-state index contributed by atoms with van der Waals surface area (Å²) in [5, 5.41) is 8.82. The van der Waals surface area contributed by atoms with Gasteiger partial charge in [0.25, 0.3) is 0 Å². The molecule has 4 nitrogen and oxygen atoms in total. The molecule has 0 heterocycles. The second kappa shape index (κ2) is 5.52. The summed E-state index contributed by atoms with van der Waals surface area (Å²) in [6, 6.07) is 7.31. The van der Waals surface area contributed by atoms with Crippen LogP contribution in [0.1, 0.15) is 20.3 Å². The molecule has 0 aliphatic rings. The summed E-state index contributed by atoms with van der Waals surface area (Å²) < 4.78 is 0.871. The van der Waals surface area contributed by atoms with Crippen molar-refractivity contribution in [2.24, 2.45) is 5.41 Å². The minimum absolute atomic E-state index is 0.190. The molecule has 0 fully saturated rings. The lowest BCUT2D eigenvalue weighted by molar-refractivity contribution is -0.143. The van der Waals surface area contributed by atoms with Gasteiger partial charge in [0.1, 0.15) is 0 Å². The van der Waals surface area contributed by atoms with Gasteiger partial charge in [0.15, 0.2) is 0 Å². The number of anilines is 1. The lowest BCUT2D eigenvalue weighted by Crippen LogP contribution is -2.39. The number of rotatable bonds is 4. The van der Waals surface area contributed by atoms with Crippen molar-refractivity contribution >= 4 is 33.5 Å². The van der Waals surface area contributed by atoms with E-state index in [-0.39, 0.29) is 12.3 Å². The average molecular weight is 314 g/mol. The van der Waals surface area contributed by atoms with Crippen LogP contribution in [0.3, 0.4) is 0 Å². The van der Waals surface area contributed by atoms with Gasteiger partial charge in [-0.25, -0.2) is 0 Å². The van der Waals surface area contributed by atoms with Gasteiger partial charge in [-0.3, -0.25) is 9.59 Å². The zero-order valence-electron chi connectivity index (χ0n) is 10.6. The number of hydrogen-bond acceptors (Lipinski definition) is 2. The van der Waals surface area contributed by atoms with Crippen molar-refractivity contribution in [1.29, 1.82) is 0 Å². The molecule has 0 aliphatic heterocycles. The predicted molar refractivity (Wildman–Crippen MR) is 73.6 cm³/mol. The van der Waals surface area contributed by atoms with Crippen LogP contribution in [0.15, 0.2) is 28.7 Å². The van der Waals surface area contributed by atoms with Gasteiger partial charge in [-0.2, -0.15) is 0 Å². The van der Waals surface area contributed by atoms with Gasteiger partial charge in [-0.15, -0.1) is 0 Å². The lowest BCUT2D eigenvalue weighted by atomic mass is 9.87. The summed E-state index contributed by atoms with van der Waals surface area (Å²) in [5.41, 5.74) is -0.198. The Morgan fingerprint density at radius 3 is 2.50 bits per heavy atom. The van der Waals surface area contributed by atoms with Crippen LogP contribution >= 0.6 is 15.9 Å². The van der Waals surface area contributed by atoms with Crippen molar-refractivity contribution in [3.8, 4) is 0 Å². The third kappa shape index (κ3) is 3.57. The Morgan fingerprint density at radius 2 is 2.00 bits per heavy atom. The van der Waals surface area contributed by atoms with Crippen molar-refractivity contribution in [2.45, 2.75) is 20.3 Å². The number of halogens is 1. The number of carbonyl (C=O) groups is 2. The smallest absolute Gasteiger partial charge is 0.304 e. The normalized spacial score (nSPS) is 11.1. The number of carbonyl (C=O) groups excluding carboxylic acids is 1. The van der Waals surface area contributed by atoms with Crippen LogP contribution in [0.4, 0.5) is 5.69 Å². The highest BCUT2D eigenvalue weighted by Gasteiger charge is 2.33. The van der Waals surface area contributed by atoms with Crippen LogP contribution in [0.5, 0.6) is 0 Å². The Hall–Kier alpha value is -1.36. The van der Waals surface area contributed by atoms with E-state index in [1.165, 1.54) is 4.90 Å². The predicted octanol–water partition coefficient (Wildman–Crippen LogP) is 2.91. The maximum atomic E-state index is 12.3. The monoisotopic (exact) mass is 313 g/mol. The minimum Gasteiger partial charge on any atom is -0.481 e. The maximum absolute atomic E-state index is 12.3. The van der Waals surface area contributed by atoms with Crippen LogP contribution in [0.25, 0.3) is 0 Å². The van der Waals surface area contributed by atoms with Gasteiger partial charge < -0.3 is 10.0 Å². The van der Waals surface area contributed by atoms with Crippen molar-refractivity contribution in [2.75, 3.05) is 11.9 Å². The quantitative estimate of drug-likeness (QED) is 0.929. The van der Waals surface area contributed by atoms with Crippen molar-refractivity contribution < 1.29 is 14.7 Å². The highest BCUT2D eigenvalue weighted by Crippen LogP contribution is 2.27. The first-order valence-corrected chi connectivity index (χ1v) is 6.29. The molecule has 1 aromatic rings. The summed E-state index contributed by atoms with van der Waals surface area (Å²) in [7, 11) is 1.65. The zero-order valence-corrected chi connectivity index (χ0v) is 12.2. The second-order valence-corrected chi connectivity index (χ2v) is 5.71. The molecule has 0 atom stereocenters. The van der Waals surface area contributed by atoms with Crippen LogP contribution in [0.2, 0.25) is 0 Å². The average Bonchev–Trinajstić information content (AvgIpc) is 2.25. The number of carboxylic acids is 1. The van der Waals surface area contributed by atoms with Gasteiger partial charge >= 0.3 is 5.97 Å². The van der Waals surface area contributed by atoms with Crippen LogP contribution in [0, 0.1) is 5.41 Å². The molecule has 0 radical (unpaired) electrons. The zero-order chi connectivity index (χ0) is 13.9. The standard InChI is InChI=1S/C13H16BrNO3/c1-13(2,8-11(16)17)12(18)15(3)10-6-4-5-9(14)7-10/h4-7H,8H2,1-3H3,(H,16,17). The molecule has 0 saturated carbocycles. The van der Waals surface area contributed by atoms with E-state index < -0.39 is 11.4 Å². The number of benzene rings is 1. The number of aliphatic carboxylic acids is 1. The van der Waals surface area contributed by atoms with E-state index in [4.69, 9.17) is 5.11 Å². The third-order valence-corrected chi connectivity index (χ3v) is 3.17. The molecule has 0 aliphatic carbocycles. The molecule has 0 unspecified atom stereocenters. The third-order valence-electron chi connectivity index (χ3n) is 2.67. The van der Waals surface area contributed by atoms with Crippen LogP contribution < -0.4 is 4.90 Å². The van der Waals surface area contributed by atoms with Crippen molar-refractivity contribution in [3.63, 3.8) is 0 Å². The SMILES string of the molecule is CN(C(=O)C(C)(C)CC(=O)O)c1cccc(Br)c1. The molecule has 0 bridgehead atoms. The molecule has 1 amide bonds. The van der Waals surface area contributed by atoms with Gasteiger partial charge in [0.05, 0.1) is 11.8 Å². The molecule has 1 rings (SSSR count). The molecular formula is C13H16BrNO3. The number of hydrogen-bond donors (Lipinski definition) is 1. The summed E-state index contributed by atoms with van der Waals surface area (Å²) in [6.45, 7) is 3.27. The summed E-state index contributed by atoms with van der Waals surface area (Å²) in [6.07, 6.45) is -0.190. The molecule has 0 aromatic heterocycles. The molecule has 0 spiro atoms. The van der Waals surface area contributed by atoms with E-state index >= 15 is 0 Å². The first-order chi connectivity index (χ1) is 8.24. The van der Waals surface area contributed by atoms with E-state index in [0.717, 1.165) is 10.2 Å². The minimum atomic E-state index is -0.976. The summed E-state index contributed by atoms with van der Waals surface area (Å²) in [5.74, 6) is -1.20. The van der Waals surface area contributed by atoms with Crippen molar-refractivity contribution in [1.82, 2.24) is 0 Å². The van der Waals surface area contributed by atoms with Gasteiger partial charge in [-0.05, 0) is 18.2 Å². The summed E-state index contributed by atoms with van der Waals surface area (Å²) in [4.78, 5) is 24.5. The highest BCUT2D eigenvalue weighted by atomic mass is 79.9. The Morgan fingerprint density at radius 1 is 1.39 bits per heavy atom. The maximum Gasteiger partial charge on any atom is 0.304 e. The molecule has 0 saturated heterocycles. The van der Waals surface area contributed by atoms with Gasteiger partial charge in [0, 0.05) is 17.2 Å². The lowest BCUT2D eigenvalue weighted by Gasteiger charge is -2.28. The fraction of sp³-hybridized carbons (Fsp3) is 0.385. The summed E-state index contributed by atoms with van der Waals surface area (Å²) >= 11 is 3.34. The molecule has 1 aromatic carbocycles. The van der Waals surface area contributed by atoms with Gasteiger partial charge in [0.2, 0.25) is 5.91 Å². The molecule has 1 N–H and O–H groups in total. The number of amides is 1. The highest BCUT2D eigenvalue weighted by molar-refractivity contribution is 9.10. The number of nitrogens with zero attached hydrogens (tertiary/aromatic N) is 1.